The van der Waals surface area contributed by atoms with Crippen molar-refractivity contribution < 1.29 is 0 Å². The fourth-order valence-electron chi connectivity index (χ4n) is 1.49. The summed E-state index contributed by atoms with van der Waals surface area (Å²) in [7, 11) is 0. The Morgan fingerprint density at radius 2 is 1.80 bits per heavy atom. The van der Waals surface area contributed by atoms with E-state index in [0.717, 1.165) is 18.8 Å². The van der Waals surface area contributed by atoms with Crippen LogP contribution in [0, 0.1) is 6.92 Å². The smallest absolute Gasteiger partial charge is 0.185 e. The Hall–Kier alpha value is -0.570. The van der Waals surface area contributed by atoms with Gasteiger partial charge in [-0.3, -0.25) is 0 Å². The molecule has 0 bridgehead atoms. The van der Waals surface area contributed by atoms with E-state index in [2.05, 4.69) is 36.0 Å². The van der Waals surface area contributed by atoms with Gasteiger partial charge in [0.25, 0.3) is 0 Å². The highest BCUT2D eigenvalue weighted by Crippen LogP contribution is 2.20. The number of hydrogen-bond donors (Lipinski definition) is 0. The van der Waals surface area contributed by atoms with Gasteiger partial charge in [-0.05, 0) is 19.8 Å². The summed E-state index contributed by atoms with van der Waals surface area (Å²) in [5, 5.41) is 3.34. The van der Waals surface area contributed by atoms with E-state index in [1.807, 2.05) is 0 Å². The Kier molecular flexibility index (Phi) is 5.69. The molecule has 0 aliphatic carbocycles. The van der Waals surface area contributed by atoms with Crippen LogP contribution in [0.3, 0.4) is 0 Å². The first kappa shape index (κ1) is 12.5. The first-order valence-corrected chi connectivity index (χ1v) is 6.83. The zero-order valence-corrected chi connectivity index (χ0v) is 10.9. The van der Waals surface area contributed by atoms with Crippen molar-refractivity contribution in [2.75, 3.05) is 18.0 Å². The van der Waals surface area contributed by atoms with Crippen LogP contribution in [-0.4, -0.2) is 18.1 Å². The van der Waals surface area contributed by atoms with Crippen molar-refractivity contribution in [2.24, 2.45) is 0 Å². The van der Waals surface area contributed by atoms with Crippen molar-refractivity contribution in [3.05, 3.63) is 11.1 Å². The maximum absolute atomic E-state index is 4.56. The van der Waals surface area contributed by atoms with Crippen LogP contribution in [0.4, 0.5) is 5.13 Å². The summed E-state index contributed by atoms with van der Waals surface area (Å²) < 4.78 is 0. The Bertz CT molecular complexity index is 262. The summed E-state index contributed by atoms with van der Waals surface area (Å²) in [6.07, 6.45) is 5.05. The summed E-state index contributed by atoms with van der Waals surface area (Å²) in [6, 6.07) is 0. The zero-order valence-electron chi connectivity index (χ0n) is 10.1. The highest BCUT2D eigenvalue weighted by Gasteiger charge is 2.08. The molecule has 0 saturated heterocycles. The fourth-order valence-corrected chi connectivity index (χ4v) is 2.34. The lowest BCUT2D eigenvalue weighted by Gasteiger charge is -2.21. The minimum Gasteiger partial charge on any atom is -0.348 e. The molecule has 0 atom stereocenters. The molecule has 0 spiro atoms. The number of aromatic nitrogens is 1. The first-order valence-electron chi connectivity index (χ1n) is 5.95. The number of thiazole rings is 1. The second-order valence-electron chi connectivity index (χ2n) is 3.97. The van der Waals surface area contributed by atoms with Gasteiger partial charge in [-0.2, -0.15) is 0 Å². The molecule has 15 heavy (non-hydrogen) atoms. The zero-order chi connectivity index (χ0) is 11.1. The van der Waals surface area contributed by atoms with Crippen LogP contribution in [0.25, 0.3) is 0 Å². The molecular weight excluding hydrogens is 204 g/mol. The Balaban J connectivity index is 2.54. The van der Waals surface area contributed by atoms with E-state index >= 15 is 0 Å². The van der Waals surface area contributed by atoms with Gasteiger partial charge in [0.2, 0.25) is 0 Å². The van der Waals surface area contributed by atoms with Crippen LogP contribution in [0.15, 0.2) is 5.38 Å². The molecule has 0 aliphatic rings. The van der Waals surface area contributed by atoms with E-state index in [1.165, 1.54) is 30.8 Å². The van der Waals surface area contributed by atoms with E-state index in [-0.39, 0.29) is 0 Å². The van der Waals surface area contributed by atoms with E-state index in [4.69, 9.17) is 0 Å². The average molecular weight is 226 g/mol. The summed E-state index contributed by atoms with van der Waals surface area (Å²) in [5.41, 5.74) is 1.15. The molecule has 1 heterocycles. The van der Waals surface area contributed by atoms with Crippen molar-refractivity contribution in [1.29, 1.82) is 0 Å². The Morgan fingerprint density at radius 1 is 1.20 bits per heavy atom. The van der Waals surface area contributed by atoms with Gasteiger partial charge in [0.15, 0.2) is 5.13 Å². The van der Waals surface area contributed by atoms with Crippen LogP contribution in [0.1, 0.15) is 45.2 Å². The van der Waals surface area contributed by atoms with E-state index in [9.17, 15) is 0 Å². The van der Waals surface area contributed by atoms with E-state index < -0.39 is 0 Å². The summed E-state index contributed by atoms with van der Waals surface area (Å²) >= 11 is 1.77. The molecule has 0 aromatic carbocycles. The van der Waals surface area contributed by atoms with Gasteiger partial charge < -0.3 is 4.90 Å². The lowest BCUT2D eigenvalue weighted by atomic mass is 10.3. The standard InChI is InChI=1S/C12H22N2S/c1-4-6-8-14(9-7-5-2)12-13-11(3)10-15-12/h10H,4-9H2,1-3H3. The Labute approximate surface area is 97.3 Å². The quantitative estimate of drug-likeness (QED) is 0.702. The average Bonchev–Trinajstić information content (AvgIpc) is 2.65. The Morgan fingerprint density at radius 3 is 2.20 bits per heavy atom. The van der Waals surface area contributed by atoms with Crippen LogP contribution < -0.4 is 4.90 Å². The largest absolute Gasteiger partial charge is 0.348 e. The monoisotopic (exact) mass is 226 g/mol. The first-order chi connectivity index (χ1) is 7.27. The van der Waals surface area contributed by atoms with Crippen molar-refractivity contribution >= 4 is 16.5 Å². The number of nitrogens with zero attached hydrogens (tertiary/aromatic N) is 2. The molecule has 0 radical (unpaired) electrons. The lowest BCUT2D eigenvalue weighted by molar-refractivity contribution is 0.676. The molecule has 0 amide bonds. The predicted octanol–water partition coefficient (Wildman–Crippen LogP) is 3.86. The van der Waals surface area contributed by atoms with Gasteiger partial charge in [-0.25, -0.2) is 4.98 Å². The molecule has 3 heteroatoms. The van der Waals surface area contributed by atoms with Crippen LogP contribution in [0.2, 0.25) is 0 Å². The van der Waals surface area contributed by atoms with Gasteiger partial charge in [-0.1, -0.05) is 26.7 Å². The third-order valence-electron chi connectivity index (χ3n) is 2.44. The third-order valence-corrected chi connectivity index (χ3v) is 3.46. The van der Waals surface area contributed by atoms with E-state index in [1.54, 1.807) is 11.3 Å². The van der Waals surface area contributed by atoms with Crippen molar-refractivity contribution in [1.82, 2.24) is 4.98 Å². The van der Waals surface area contributed by atoms with Crippen LogP contribution in [0.5, 0.6) is 0 Å². The highest BCUT2D eigenvalue weighted by atomic mass is 32.1. The molecule has 1 aromatic heterocycles. The van der Waals surface area contributed by atoms with Crippen LogP contribution in [-0.2, 0) is 0 Å². The van der Waals surface area contributed by atoms with Gasteiger partial charge in [0.1, 0.15) is 0 Å². The molecule has 1 aromatic rings. The summed E-state index contributed by atoms with van der Waals surface area (Å²) in [4.78, 5) is 7.00. The summed E-state index contributed by atoms with van der Waals surface area (Å²) in [5.74, 6) is 0. The SMILES string of the molecule is CCCCN(CCCC)c1nc(C)cs1. The topological polar surface area (TPSA) is 16.1 Å². The van der Waals surface area contributed by atoms with Gasteiger partial charge in [0, 0.05) is 18.5 Å². The molecule has 2 nitrogen and oxygen atoms in total. The molecule has 0 N–H and O–H groups in total. The minimum absolute atomic E-state index is 1.15. The number of hydrogen-bond acceptors (Lipinski definition) is 3. The highest BCUT2D eigenvalue weighted by molar-refractivity contribution is 7.13. The number of aryl methyl sites for hydroxylation is 1. The van der Waals surface area contributed by atoms with Crippen LogP contribution >= 0.6 is 11.3 Å². The van der Waals surface area contributed by atoms with Gasteiger partial charge in [0.05, 0.1) is 5.69 Å². The second kappa shape index (κ2) is 6.83. The lowest BCUT2D eigenvalue weighted by Crippen LogP contribution is -2.25. The van der Waals surface area contributed by atoms with E-state index in [0.29, 0.717) is 0 Å². The number of rotatable bonds is 7. The molecular formula is C12H22N2S. The maximum atomic E-state index is 4.56. The minimum atomic E-state index is 1.15. The van der Waals surface area contributed by atoms with Crippen molar-refractivity contribution in [3.63, 3.8) is 0 Å². The molecule has 0 saturated carbocycles. The van der Waals surface area contributed by atoms with Crippen molar-refractivity contribution in [3.8, 4) is 0 Å². The maximum Gasteiger partial charge on any atom is 0.185 e. The molecule has 86 valence electrons. The molecule has 0 aliphatic heterocycles. The normalized spacial score (nSPS) is 10.6. The van der Waals surface area contributed by atoms with Crippen molar-refractivity contribution in [2.45, 2.75) is 46.5 Å². The molecule has 0 fully saturated rings. The predicted molar refractivity (Wildman–Crippen MR) is 68.9 cm³/mol. The van der Waals surface area contributed by atoms with Gasteiger partial charge >= 0.3 is 0 Å². The molecule has 0 unspecified atom stereocenters. The fraction of sp³-hybridized carbons (Fsp3) is 0.750. The summed E-state index contributed by atoms with van der Waals surface area (Å²) in [6.45, 7) is 8.86. The third kappa shape index (κ3) is 4.20. The number of anilines is 1. The second-order valence-corrected chi connectivity index (χ2v) is 4.80. The molecule has 1 rings (SSSR count). The van der Waals surface area contributed by atoms with Gasteiger partial charge in [-0.15, -0.1) is 11.3 Å². The number of unbranched alkanes of at least 4 members (excludes halogenated alkanes) is 2.